The summed E-state index contributed by atoms with van der Waals surface area (Å²) in [4.78, 5) is 13.7. The van der Waals surface area contributed by atoms with Crippen molar-refractivity contribution < 1.29 is 9.53 Å². The van der Waals surface area contributed by atoms with E-state index in [0.717, 1.165) is 25.1 Å². The molecule has 3 nitrogen and oxygen atoms in total. The molecule has 1 saturated heterocycles. The normalized spacial score (nSPS) is 21.9. The van der Waals surface area contributed by atoms with Crippen LogP contribution in [0.1, 0.15) is 33.6 Å². The van der Waals surface area contributed by atoms with Crippen molar-refractivity contribution in [3.8, 4) is 0 Å². The average Bonchev–Trinajstić information content (AvgIpc) is 2.49. The van der Waals surface area contributed by atoms with E-state index in [0.29, 0.717) is 6.04 Å². The number of ether oxygens (including phenoxy) is 1. The molecule has 0 radical (unpaired) electrons. The van der Waals surface area contributed by atoms with Crippen molar-refractivity contribution >= 4 is 17.9 Å². The van der Waals surface area contributed by atoms with Crippen LogP contribution in [0.15, 0.2) is 0 Å². The summed E-state index contributed by atoms with van der Waals surface area (Å²) in [7, 11) is 0. The van der Waals surface area contributed by atoms with Gasteiger partial charge in [0.05, 0.1) is 0 Å². The fraction of sp³-hybridized carbons (Fsp3) is 0.909. The number of rotatable bonds is 2. The van der Waals surface area contributed by atoms with Crippen LogP contribution in [-0.2, 0) is 4.74 Å². The number of carbonyl (C=O) groups excluding carboxylic acids is 1. The summed E-state index contributed by atoms with van der Waals surface area (Å²) < 4.78 is 5.38. The lowest BCUT2D eigenvalue weighted by atomic mass is 10.2. The van der Waals surface area contributed by atoms with Crippen molar-refractivity contribution in [2.24, 2.45) is 0 Å². The minimum absolute atomic E-state index is 0.154. The molecule has 1 aliphatic rings. The van der Waals surface area contributed by atoms with E-state index in [2.05, 4.69) is 6.26 Å². The molecule has 0 spiro atoms. The predicted molar refractivity (Wildman–Crippen MR) is 64.3 cm³/mol. The number of carbonyl (C=O) groups is 1. The van der Waals surface area contributed by atoms with E-state index >= 15 is 0 Å². The van der Waals surface area contributed by atoms with Crippen LogP contribution in [0.5, 0.6) is 0 Å². The third-order valence-electron chi connectivity index (χ3n) is 2.36. The molecule has 1 rings (SSSR count). The van der Waals surface area contributed by atoms with Crippen LogP contribution in [0.3, 0.4) is 0 Å². The highest BCUT2D eigenvalue weighted by atomic mass is 32.2. The molecule has 15 heavy (non-hydrogen) atoms. The second kappa shape index (κ2) is 5.10. The van der Waals surface area contributed by atoms with Gasteiger partial charge in [-0.25, -0.2) is 4.79 Å². The zero-order valence-electron chi connectivity index (χ0n) is 10.1. The van der Waals surface area contributed by atoms with Gasteiger partial charge in [0.1, 0.15) is 5.60 Å². The van der Waals surface area contributed by atoms with Crippen LogP contribution < -0.4 is 0 Å². The van der Waals surface area contributed by atoms with Gasteiger partial charge in [-0.2, -0.15) is 11.8 Å². The topological polar surface area (TPSA) is 29.5 Å². The first-order valence-corrected chi connectivity index (χ1v) is 6.82. The quantitative estimate of drug-likeness (QED) is 0.732. The Morgan fingerprint density at radius 2 is 2.20 bits per heavy atom. The molecule has 0 aromatic carbocycles. The van der Waals surface area contributed by atoms with Crippen LogP contribution in [0.25, 0.3) is 0 Å². The summed E-state index contributed by atoms with van der Waals surface area (Å²) >= 11 is 1.79. The Labute approximate surface area is 96.5 Å². The van der Waals surface area contributed by atoms with Gasteiger partial charge in [-0.1, -0.05) is 0 Å². The molecule has 1 amide bonds. The highest BCUT2D eigenvalue weighted by Gasteiger charge is 2.31. The lowest BCUT2D eigenvalue weighted by molar-refractivity contribution is 0.0242. The second-order valence-electron chi connectivity index (χ2n) is 4.93. The molecular weight excluding hydrogens is 210 g/mol. The predicted octanol–water partition coefficient (Wildman–Crippen LogP) is 2.75. The Kier molecular flexibility index (Phi) is 4.32. The SMILES string of the molecule is CSC[C@@H]1CCCN1C(=O)OC(C)(C)C. The monoisotopic (exact) mass is 231 g/mol. The van der Waals surface area contributed by atoms with Gasteiger partial charge < -0.3 is 9.64 Å². The zero-order valence-corrected chi connectivity index (χ0v) is 10.9. The third kappa shape index (κ3) is 3.93. The maximum Gasteiger partial charge on any atom is 0.410 e. The molecule has 0 N–H and O–H groups in total. The summed E-state index contributed by atoms with van der Waals surface area (Å²) in [6.45, 7) is 6.57. The molecule has 0 aromatic rings. The summed E-state index contributed by atoms with van der Waals surface area (Å²) in [5.74, 6) is 1.01. The summed E-state index contributed by atoms with van der Waals surface area (Å²) in [6.07, 6.45) is 4.13. The van der Waals surface area contributed by atoms with Gasteiger partial charge in [-0.05, 0) is 39.9 Å². The Morgan fingerprint density at radius 1 is 1.53 bits per heavy atom. The summed E-state index contributed by atoms with van der Waals surface area (Å²) in [5.41, 5.74) is -0.385. The molecule has 1 aliphatic heterocycles. The van der Waals surface area contributed by atoms with Crippen LogP contribution in [0, 0.1) is 0 Å². The summed E-state index contributed by atoms with van der Waals surface area (Å²) in [6, 6.07) is 0.370. The Morgan fingerprint density at radius 3 is 2.73 bits per heavy atom. The van der Waals surface area contributed by atoms with E-state index in [1.54, 1.807) is 11.8 Å². The van der Waals surface area contributed by atoms with Crippen molar-refractivity contribution in [3.05, 3.63) is 0 Å². The van der Waals surface area contributed by atoms with E-state index in [4.69, 9.17) is 4.74 Å². The zero-order chi connectivity index (χ0) is 11.5. The van der Waals surface area contributed by atoms with Crippen LogP contribution >= 0.6 is 11.8 Å². The number of amides is 1. The first-order valence-electron chi connectivity index (χ1n) is 5.42. The first-order chi connectivity index (χ1) is 6.94. The number of likely N-dealkylation sites (tertiary alicyclic amines) is 1. The fourth-order valence-corrected chi connectivity index (χ4v) is 2.49. The van der Waals surface area contributed by atoms with E-state index in [1.807, 2.05) is 25.7 Å². The Bertz CT molecular complexity index is 225. The molecule has 0 aromatic heterocycles. The van der Waals surface area contributed by atoms with Crippen LogP contribution in [0.4, 0.5) is 4.79 Å². The van der Waals surface area contributed by atoms with E-state index in [9.17, 15) is 4.79 Å². The maximum atomic E-state index is 11.8. The van der Waals surface area contributed by atoms with Gasteiger partial charge in [-0.15, -0.1) is 0 Å². The van der Waals surface area contributed by atoms with Gasteiger partial charge in [0.2, 0.25) is 0 Å². The van der Waals surface area contributed by atoms with Crippen molar-refractivity contribution in [2.75, 3.05) is 18.6 Å². The van der Waals surface area contributed by atoms with Crippen molar-refractivity contribution in [3.63, 3.8) is 0 Å². The minimum atomic E-state index is -0.385. The highest BCUT2D eigenvalue weighted by Crippen LogP contribution is 2.22. The first kappa shape index (κ1) is 12.7. The lowest BCUT2D eigenvalue weighted by Crippen LogP contribution is -2.40. The molecule has 0 aliphatic carbocycles. The smallest absolute Gasteiger partial charge is 0.410 e. The standard InChI is InChI=1S/C11H21NO2S/c1-11(2,3)14-10(13)12-7-5-6-9(12)8-15-4/h9H,5-8H2,1-4H3/t9-/m0/s1. The molecule has 0 unspecified atom stereocenters. The molecule has 88 valence electrons. The van der Waals surface area contributed by atoms with E-state index < -0.39 is 0 Å². The highest BCUT2D eigenvalue weighted by molar-refractivity contribution is 7.98. The molecule has 1 heterocycles. The lowest BCUT2D eigenvalue weighted by Gasteiger charge is -2.28. The second-order valence-corrected chi connectivity index (χ2v) is 5.84. The Balaban J connectivity index is 2.51. The van der Waals surface area contributed by atoms with Gasteiger partial charge in [0.25, 0.3) is 0 Å². The van der Waals surface area contributed by atoms with E-state index in [1.165, 1.54) is 0 Å². The number of thioether (sulfide) groups is 1. The van der Waals surface area contributed by atoms with Gasteiger partial charge >= 0.3 is 6.09 Å². The third-order valence-corrected chi connectivity index (χ3v) is 3.08. The molecule has 0 bridgehead atoms. The van der Waals surface area contributed by atoms with Crippen molar-refractivity contribution in [2.45, 2.75) is 45.3 Å². The van der Waals surface area contributed by atoms with Crippen LogP contribution in [-0.4, -0.2) is 41.2 Å². The van der Waals surface area contributed by atoms with Crippen molar-refractivity contribution in [1.29, 1.82) is 0 Å². The Hall–Kier alpha value is -0.380. The molecule has 0 saturated carbocycles. The van der Waals surface area contributed by atoms with Gasteiger partial charge in [-0.3, -0.25) is 0 Å². The fourth-order valence-electron chi connectivity index (χ4n) is 1.76. The molecule has 1 fully saturated rings. The van der Waals surface area contributed by atoms with Gasteiger partial charge in [0, 0.05) is 18.3 Å². The minimum Gasteiger partial charge on any atom is -0.444 e. The number of hydrogen-bond donors (Lipinski definition) is 0. The number of nitrogens with zero attached hydrogens (tertiary/aromatic N) is 1. The van der Waals surface area contributed by atoms with Crippen LogP contribution in [0.2, 0.25) is 0 Å². The number of hydrogen-bond acceptors (Lipinski definition) is 3. The largest absolute Gasteiger partial charge is 0.444 e. The molecule has 4 heteroatoms. The molecular formula is C11H21NO2S. The van der Waals surface area contributed by atoms with E-state index in [-0.39, 0.29) is 11.7 Å². The summed E-state index contributed by atoms with van der Waals surface area (Å²) in [5, 5.41) is 0. The van der Waals surface area contributed by atoms with Crippen molar-refractivity contribution in [1.82, 2.24) is 4.90 Å². The average molecular weight is 231 g/mol. The van der Waals surface area contributed by atoms with Gasteiger partial charge in [0.15, 0.2) is 0 Å². The maximum absolute atomic E-state index is 11.8. The molecule has 1 atom stereocenters.